The van der Waals surface area contributed by atoms with Crippen molar-refractivity contribution in [3.8, 4) is 0 Å². The monoisotopic (exact) mass is 218 g/mol. The molecule has 0 aromatic carbocycles. The smallest absolute Gasteiger partial charge is 0.183 e. The van der Waals surface area contributed by atoms with Gasteiger partial charge in [-0.05, 0) is 20.3 Å². The minimum absolute atomic E-state index is 0.443. The minimum Gasteiger partial charge on any atom is -0.388 e. The zero-order chi connectivity index (χ0) is 11.5. The van der Waals surface area contributed by atoms with E-state index in [1.807, 2.05) is 13.8 Å². The first-order chi connectivity index (χ1) is 7.26. The molecule has 92 valence electrons. The van der Waals surface area contributed by atoms with Crippen LogP contribution in [0.2, 0.25) is 0 Å². The van der Waals surface area contributed by atoms with Crippen molar-refractivity contribution in [2.45, 2.75) is 65.3 Å². The highest BCUT2D eigenvalue weighted by Gasteiger charge is 2.18. The second kappa shape index (κ2) is 10.4. The minimum atomic E-state index is -0.484. The first kappa shape index (κ1) is 14.9. The van der Waals surface area contributed by atoms with Gasteiger partial charge in [-0.25, -0.2) is 0 Å². The van der Waals surface area contributed by atoms with Crippen LogP contribution in [0.25, 0.3) is 0 Å². The summed E-state index contributed by atoms with van der Waals surface area (Å²) in [6.07, 6.45) is 4.52. The average Bonchev–Trinajstić information content (AvgIpc) is 2.24. The number of ether oxygens (including phenoxy) is 2. The maximum atomic E-state index is 9.82. The lowest BCUT2D eigenvalue weighted by molar-refractivity contribution is -0.190. The molecule has 0 rings (SSSR count). The topological polar surface area (TPSA) is 38.7 Å². The van der Waals surface area contributed by atoms with Crippen molar-refractivity contribution in [3.63, 3.8) is 0 Å². The second-order valence-corrected chi connectivity index (χ2v) is 3.70. The van der Waals surface area contributed by atoms with Crippen LogP contribution in [-0.2, 0) is 9.47 Å². The molecule has 3 nitrogen and oxygen atoms in total. The molecule has 0 aromatic rings. The van der Waals surface area contributed by atoms with Crippen molar-refractivity contribution in [1.82, 2.24) is 0 Å². The van der Waals surface area contributed by atoms with Gasteiger partial charge in [-0.1, -0.05) is 32.6 Å². The van der Waals surface area contributed by atoms with Gasteiger partial charge < -0.3 is 14.6 Å². The van der Waals surface area contributed by atoms with E-state index in [2.05, 4.69) is 6.92 Å². The molecule has 0 heterocycles. The molecule has 1 N–H and O–H groups in total. The van der Waals surface area contributed by atoms with Gasteiger partial charge in [0.05, 0.1) is 0 Å². The van der Waals surface area contributed by atoms with Crippen LogP contribution < -0.4 is 0 Å². The summed E-state index contributed by atoms with van der Waals surface area (Å²) in [6.45, 7) is 7.17. The first-order valence-electron chi connectivity index (χ1n) is 6.17. The van der Waals surface area contributed by atoms with E-state index in [9.17, 15) is 5.11 Å². The van der Waals surface area contributed by atoms with Crippen molar-refractivity contribution >= 4 is 0 Å². The third-order valence-electron chi connectivity index (χ3n) is 2.33. The molecule has 0 radical (unpaired) electrons. The molecule has 0 aromatic heterocycles. The van der Waals surface area contributed by atoms with Crippen LogP contribution in [-0.4, -0.2) is 30.7 Å². The van der Waals surface area contributed by atoms with Gasteiger partial charge in [-0.3, -0.25) is 0 Å². The fraction of sp³-hybridized carbons (Fsp3) is 1.00. The van der Waals surface area contributed by atoms with Crippen molar-refractivity contribution in [2.24, 2.45) is 0 Å². The predicted molar refractivity (Wildman–Crippen MR) is 61.8 cm³/mol. The van der Waals surface area contributed by atoms with Gasteiger partial charge in [0.1, 0.15) is 6.10 Å². The quantitative estimate of drug-likeness (QED) is 0.452. The fourth-order valence-electron chi connectivity index (χ4n) is 1.52. The Morgan fingerprint density at radius 2 is 1.53 bits per heavy atom. The number of aliphatic hydroxyl groups excluding tert-OH is 1. The molecule has 15 heavy (non-hydrogen) atoms. The molecule has 1 atom stereocenters. The van der Waals surface area contributed by atoms with E-state index in [-0.39, 0.29) is 0 Å². The third-order valence-corrected chi connectivity index (χ3v) is 2.33. The normalized spacial score (nSPS) is 13.4. The van der Waals surface area contributed by atoms with E-state index < -0.39 is 12.4 Å². The average molecular weight is 218 g/mol. The largest absolute Gasteiger partial charge is 0.388 e. The molecule has 0 saturated heterocycles. The number of hydrogen-bond donors (Lipinski definition) is 1. The van der Waals surface area contributed by atoms with E-state index in [0.717, 1.165) is 12.8 Å². The summed E-state index contributed by atoms with van der Waals surface area (Å²) in [4.78, 5) is 0. The summed E-state index contributed by atoms with van der Waals surface area (Å²) in [5, 5.41) is 9.82. The van der Waals surface area contributed by atoms with Gasteiger partial charge in [0.2, 0.25) is 0 Å². The van der Waals surface area contributed by atoms with E-state index in [1.54, 1.807) is 0 Å². The number of aliphatic hydroxyl groups is 1. The fourth-order valence-corrected chi connectivity index (χ4v) is 1.52. The van der Waals surface area contributed by atoms with Gasteiger partial charge in [-0.15, -0.1) is 0 Å². The second-order valence-electron chi connectivity index (χ2n) is 3.70. The SMILES string of the molecule is CCCCCCC(O)C(OCC)OCC. The van der Waals surface area contributed by atoms with Gasteiger partial charge in [-0.2, -0.15) is 0 Å². The van der Waals surface area contributed by atoms with Crippen molar-refractivity contribution in [2.75, 3.05) is 13.2 Å². The third kappa shape index (κ3) is 7.77. The Morgan fingerprint density at radius 3 is 2.00 bits per heavy atom. The Hall–Kier alpha value is -0.120. The van der Waals surface area contributed by atoms with Crippen LogP contribution in [0.1, 0.15) is 52.9 Å². The van der Waals surface area contributed by atoms with Crippen LogP contribution in [0.15, 0.2) is 0 Å². The zero-order valence-electron chi connectivity index (χ0n) is 10.4. The Bertz CT molecular complexity index is 122. The summed E-state index contributed by atoms with van der Waals surface area (Å²) in [7, 11) is 0. The van der Waals surface area contributed by atoms with E-state index in [4.69, 9.17) is 9.47 Å². The Morgan fingerprint density at radius 1 is 0.933 bits per heavy atom. The Labute approximate surface area is 93.8 Å². The summed E-state index contributed by atoms with van der Waals surface area (Å²) >= 11 is 0. The summed E-state index contributed by atoms with van der Waals surface area (Å²) in [5.74, 6) is 0. The van der Waals surface area contributed by atoms with E-state index >= 15 is 0 Å². The molecule has 0 aliphatic rings. The van der Waals surface area contributed by atoms with Crippen LogP contribution in [0.4, 0.5) is 0 Å². The van der Waals surface area contributed by atoms with E-state index in [1.165, 1.54) is 19.3 Å². The molecule has 0 bridgehead atoms. The lowest BCUT2D eigenvalue weighted by Crippen LogP contribution is -2.31. The number of hydrogen-bond acceptors (Lipinski definition) is 3. The highest BCUT2D eigenvalue weighted by molar-refractivity contribution is 4.60. The molecule has 3 heteroatoms. The number of rotatable bonds is 10. The standard InChI is InChI=1S/C12H26O3/c1-4-7-8-9-10-11(13)12(14-5-2)15-6-3/h11-13H,4-10H2,1-3H3. The van der Waals surface area contributed by atoms with Gasteiger partial charge >= 0.3 is 0 Å². The maximum absolute atomic E-state index is 9.82. The van der Waals surface area contributed by atoms with Crippen LogP contribution in [0, 0.1) is 0 Å². The summed E-state index contributed by atoms with van der Waals surface area (Å²) in [5.41, 5.74) is 0. The molecular weight excluding hydrogens is 192 g/mol. The molecule has 0 spiro atoms. The summed E-state index contributed by atoms with van der Waals surface area (Å²) in [6, 6.07) is 0. The van der Waals surface area contributed by atoms with Crippen LogP contribution in [0.5, 0.6) is 0 Å². The van der Waals surface area contributed by atoms with Gasteiger partial charge in [0, 0.05) is 13.2 Å². The molecular formula is C12H26O3. The molecule has 0 aliphatic carbocycles. The van der Waals surface area contributed by atoms with E-state index in [0.29, 0.717) is 13.2 Å². The lowest BCUT2D eigenvalue weighted by atomic mass is 10.1. The molecule has 0 aliphatic heterocycles. The maximum Gasteiger partial charge on any atom is 0.183 e. The highest BCUT2D eigenvalue weighted by atomic mass is 16.7. The molecule has 0 fully saturated rings. The lowest BCUT2D eigenvalue weighted by Gasteiger charge is -2.22. The zero-order valence-corrected chi connectivity index (χ0v) is 10.4. The molecule has 0 amide bonds. The van der Waals surface area contributed by atoms with Gasteiger partial charge in [0.25, 0.3) is 0 Å². The molecule has 0 saturated carbocycles. The predicted octanol–water partition coefficient (Wildman–Crippen LogP) is 2.72. The van der Waals surface area contributed by atoms with Crippen molar-refractivity contribution in [3.05, 3.63) is 0 Å². The Balaban J connectivity index is 3.65. The van der Waals surface area contributed by atoms with Crippen molar-refractivity contribution < 1.29 is 14.6 Å². The molecule has 1 unspecified atom stereocenters. The van der Waals surface area contributed by atoms with Gasteiger partial charge in [0.15, 0.2) is 6.29 Å². The first-order valence-corrected chi connectivity index (χ1v) is 6.17. The summed E-state index contributed by atoms with van der Waals surface area (Å²) < 4.78 is 10.7. The van der Waals surface area contributed by atoms with Crippen molar-refractivity contribution in [1.29, 1.82) is 0 Å². The Kier molecular flexibility index (Phi) is 10.3. The van der Waals surface area contributed by atoms with Crippen LogP contribution >= 0.6 is 0 Å². The van der Waals surface area contributed by atoms with Crippen LogP contribution in [0.3, 0.4) is 0 Å². The highest BCUT2D eigenvalue weighted by Crippen LogP contribution is 2.11. The number of unbranched alkanes of at least 4 members (excludes halogenated alkanes) is 3.